The standard InChI is InChI=1S/C9H17O3/c1-12-9(11)7-5-3-2-4-6-8-10/h2-8H2,1H3. The molecule has 71 valence electrons. The first kappa shape index (κ1) is 11.4. The first-order chi connectivity index (χ1) is 5.81. The Balaban J connectivity index is 2.95. The molecule has 0 fully saturated rings. The molecular formula is C9H17O3. The lowest BCUT2D eigenvalue weighted by Gasteiger charge is -1.98. The largest absolute Gasteiger partial charge is 0.469 e. The van der Waals surface area contributed by atoms with Crippen molar-refractivity contribution >= 4 is 5.97 Å². The molecule has 0 aromatic rings. The van der Waals surface area contributed by atoms with Gasteiger partial charge in [-0.25, -0.2) is 5.11 Å². The fourth-order valence-corrected chi connectivity index (χ4v) is 1.00. The van der Waals surface area contributed by atoms with Crippen molar-refractivity contribution in [3.05, 3.63) is 0 Å². The number of rotatable bonds is 7. The molecule has 0 aromatic carbocycles. The van der Waals surface area contributed by atoms with Crippen LogP contribution in [0.5, 0.6) is 0 Å². The third-order valence-electron chi connectivity index (χ3n) is 1.75. The van der Waals surface area contributed by atoms with Crippen molar-refractivity contribution in [3.63, 3.8) is 0 Å². The Morgan fingerprint density at radius 2 is 1.67 bits per heavy atom. The minimum atomic E-state index is -0.140. The van der Waals surface area contributed by atoms with Crippen molar-refractivity contribution in [2.75, 3.05) is 13.7 Å². The van der Waals surface area contributed by atoms with Gasteiger partial charge in [0.2, 0.25) is 0 Å². The van der Waals surface area contributed by atoms with Gasteiger partial charge in [-0.3, -0.25) is 4.79 Å². The minimum Gasteiger partial charge on any atom is -0.469 e. The average Bonchev–Trinajstić information content (AvgIpc) is 2.10. The first-order valence-corrected chi connectivity index (χ1v) is 4.46. The monoisotopic (exact) mass is 173 g/mol. The second-order valence-electron chi connectivity index (χ2n) is 2.80. The maximum absolute atomic E-state index is 10.6. The van der Waals surface area contributed by atoms with Crippen molar-refractivity contribution in [1.29, 1.82) is 0 Å². The smallest absolute Gasteiger partial charge is 0.305 e. The average molecular weight is 173 g/mol. The predicted molar refractivity (Wildman–Crippen MR) is 45.3 cm³/mol. The number of methoxy groups -OCH3 is 1. The first-order valence-electron chi connectivity index (χ1n) is 4.46. The molecule has 0 unspecified atom stereocenters. The zero-order chi connectivity index (χ0) is 9.23. The Hall–Kier alpha value is -0.570. The summed E-state index contributed by atoms with van der Waals surface area (Å²) in [5.74, 6) is -0.140. The number of hydrogen-bond acceptors (Lipinski definition) is 2. The summed E-state index contributed by atoms with van der Waals surface area (Å²) in [6.07, 6.45) is 5.22. The number of unbranched alkanes of at least 4 members (excludes halogenated alkanes) is 4. The van der Waals surface area contributed by atoms with Crippen LogP contribution in [0.1, 0.15) is 38.5 Å². The van der Waals surface area contributed by atoms with Crippen molar-refractivity contribution in [3.8, 4) is 0 Å². The summed E-state index contributed by atoms with van der Waals surface area (Å²) in [6, 6.07) is 0. The van der Waals surface area contributed by atoms with Crippen LogP contribution < -0.4 is 0 Å². The Morgan fingerprint density at radius 1 is 1.08 bits per heavy atom. The van der Waals surface area contributed by atoms with Gasteiger partial charge < -0.3 is 4.74 Å². The SMILES string of the molecule is COC(=O)CCCCCCC[O]. The molecule has 0 saturated heterocycles. The van der Waals surface area contributed by atoms with E-state index in [-0.39, 0.29) is 12.6 Å². The van der Waals surface area contributed by atoms with E-state index < -0.39 is 0 Å². The molecule has 0 aliphatic heterocycles. The topological polar surface area (TPSA) is 46.2 Å². The fraction of sp³-hybridized carbons (Fsp3) is 0.889. The molecule has 0 amide bonds. The van der Waals surface area contributed by atoms with Crippen LogP contribution in [0.25, 0.3) is 0 Å². The summed E-state index contributed by atoms with van der Waals surface area (Å²) in [4.78, 5) is 10.6. The molecule has 0 spiro atoms. The van der Waals surface area contributed by atoms with Gasteiger partial charge in [-0.05, 0) is 12.8 Å². The van der Waals surface area contributed by atoms with Gasteiger partial charge in [0, 0.05) is 6.42 Å². The molecule has 0 N–H and O–H groups in total. The fourth-order valence-electron chi connectivity index (χ4n) is 1.00. The van der Waals surface area contributed by atoms with Crippen LogP contribution in [0, 0.1) is 0 Å². The van der Waals surface area contributed by atoms with Crippen LogP contribution in [0.15, 0.2) is 0 Å². The van der Waals surface area contributed by atoms with Crippen LogP contribution >= 0.6 is 0 Å². The normalized spacial score (nSPS) is 9.83. The van der Waals surface area contributed by atoms with E-state index in [9.17, 15) is 9.90 Å². The van der Waals surface area contributed by atoms with Gasteiger partial charge in [-0.2, -0.15) is 0 Å². The quantitative estimate of drug-likeness (QED) is 0.436. The Kier molecular flexibility index (Phi) is 8.12. The third-order valence-corrected chi connectivity index (χ3v) is 1.75. The van der Waals surface area contributed by atoms with Crippen LogP contribution in [0.4, 0.5) is 0 Å². The van der Waals surface area contributed by atoms with Crippen molar-refractivity contribution < 1.29 is 14.6 Å². The van der Waals surface area contributed by atoms with Crippen LogP contribution in [-0.2, 0) is 14.6 Å². The summed E-state index contributed by atoms with van der Waals surface area (Å²) in [5, 5.41) is 10.0. The third kappa shape index (κ3) is 7.54. The molecular weight excluding hydrogens is 156 g/mol. The molecule has 0 rings (SSSR count). The van der Waals surface area contributed by atoms with Crippen LogP contribution in [-0.4, -0.2) is 19.7 Å². The zero-order valence-electron chi connectivity index (χ0n) is 7.67. The number of esters is 1. The molecule has 12 heavy (non-hydrogen) atoms. The number of carbonyl (C=O) groups is 1. The molecule has 0 aromatic heterocycles. The maximum Gasteiger partial charge on any atom is 0.305 e. The maximum atomic E-state index is 10.6. The Labute approximate surface area is 73.7 Å². The second-order valence-corrected chi connectivity index (χ2v) is 2.80. The van der Waals surface area contributed by atoms with E-state index in [0.29, 0.717) is 6.42 Å². The van der Waals surface area contributed by atoms with Crippen LogP contribution in [0.3, 0.4) is 0 Å². The Morgan fingerprint density at radius 3 is 2.25 bits per heavy atom. The van der Waals surface area contributed by atoms with E-state index in [1.807, 2.05) is 0 Å². The molecule has 1 radical (unpaired) electrons. The van der Waals surface area contributed by atoms with E-state index in [0.717, 1.165) is 32.1 Å². The van der Waals surface area contributed by atoms with Gasteiger partial charge in [0.15, 0.2) is 0 Å². The Bertz CT molecular complexity index is 112. The molecule has 3 heteroatoms. The molecule has 0 saturated carbocycles. The van der Waals surface area contributed by atoms with Gasteiger partial charge in [-0.1, -0.05) is 19.3 Å². The van der Waals surface area contributed by atoms with E-state index in [2.05, 4.69) is 4.74 Å². The van der Waals surface area contributed by atoms with E-state index in [1.165, 1.54) is 7.11 Å². The molecule has 0 aliphatic carbocycles. The lowest BCUT2D eigenvalue weighted by Crippen LogP contribution is -1.99. The van der Waals surface area contributed by atoms with E-state index in [4.69, 9.17) is 0 Å². The van der Waals surface area contributed by atoms with Crippen molar-refractivity contribution in [2.45, 2.75) is 38.5 Å². The minimum absolute atomic E-state index is 0.0248. The molecule has 0 heterocycles. The summed E-state index contributed by atoms with van der Waals surface area (Å²) >= 11 is 0. The molecule has 0 aliphatic rings. The second kappa shape index (κ2) is 8.53. The summed E-state index contributed by atoms with van der Waals surface area (Å²) in [6.45, 7) is 0.0248. The van der Waals surface area contributed by atoms with Crippen molar-refractivity contribution in [1.82, 2.24) is 0 Å². The van der Waals surface area contributed by atoms with Gasteiger partial charge in [-0.15, -0.1) is 0 Å². The molecule has 0 bridgehead atoms. The molecule has 3 nitrogen and oxygen atoms in total. The summed E-state index contributed by atoms with van der Waals surface area (Å²) in [5.41, 5.74) is 0. The highest BCUT2D eigenvalue weighted by Gasteiger charge is 1.98. The van der Waals surface area contributed by atoms with Gasteiger partial charge in [0.1, 0.15) is 0 Å². The zero-order valence-corrected chi connectivity index (χ0v) is 7.67. The summed E-state index contributed by atoms with van der Waals surface area (Å²) in [7, 11) is 1.40. The predicted octanol–water partition coefficient (Wildman–Crippen LogP) is 1.93. The lowest BCUT2D eigenvalue weighted by atomic mass is 10.1. The number of ether oxygens (including phenoxy) is 1. The van der Waals surface area contributed by atoms with E-state index in [1.54, 1.807) is 0 Å². The highest BCUT2D eigenvalue weighted by atomic mass is 16.5. The highest BCUT2D eigenvalue weighted by Crippen LogP contribution is 2.05. The lowest BCUT2D eigenvalue weighted by molar-refractivity contribution is -0.140. The van der Waals surface area contributed by atoms with Gasteiger partial charge in [0.05, 0.1) is 13.7 Å². The van der Waals surface area contributed by atoms with Gasteiger partial charge in [0.25, 0.3) is 0 Å². The summed E-state index contributed by atoms with van der Waals surface area (Å²) < 4.78 is 4.49. The number of hydrogen-bond donors (Lipinski definition) is 0. The number of carbonyl (C=O) groups excluding carboxylic acids is 1. The molecule has 0 atom stereocenters. The highest BCUT2D eigenvalue weighted by molar-refractivity contribution is 5.68. The van der Waals surface area contributed by atoms with E-state index >= 15 is 0 Å². The van der Waals surface area contributed by atoms with Crippen LogP contribution in [0.2, 0.25) is 0 Å². The van der Waals surface area contributed by atoms with Gasteiger partial charge >= 0.3 is 5.97 Å². The van der Waals surface area contributed by atoms with Crippen molar-refractivity contribution in [2.24, 2.45) is 0 Å².